The standard InChI is InChI=1S/C14H23N3O8S.C2H6/c1-7(19)2-3-8(13(22)23)15-11(20)5-4-9(14(24)25)16-12(21)10(6-18)17-26;1-2/h8-10,17-18,26H,2-6H2,1H3,(H,15,20)(H,16,21)(H,22,23)(H,24,25);1-2H3/t8?,9-,10?;/m0./s1. The summed E-state index contributed by atoms with van der Waals surface area (Å²) in [6, 6.07) is -3.81. The molecule has 3 atom stereocenters. The number of carbonyl (C=O) groups excluding carboxylic acids is 3. The molecule has 0 rings (SSSR count). The molecule has 0 aliphatic carbocycles. The number of nitrogens with one attached hydrogen (secondary N) is 3. The number of carboxylic acid groups (broad SMARTS) is 2. The van der Waals surface area contributed by atoms with E-state index in [4.69, 9.17) is 15.3 Å². The Morgan fingerprint density at radius 1 is 0.857 bits per heavy atom. The minimum atomic E-state index is -1.41. The van der Waals surface area contributed by atoms with E-state index in [0.29, 0.717) is 0 Å². The molecule has 162 valence electrons. The summed E-state index contributed by atoms with van der Waals surface area (Å²) in [6.45, 7) is 4.68. The van der Waals surface area contributed by atoms with Crippen LogP contribution in [0.2, 0.25) is 0 Å². The molecule has 0 saturated heterocycles. The van der Waals surface area contributed by atoms with Crippen molar-refractivity contribution >= 4 is 42.4 Å². The lowest BCUT2D eigenvalue weighted by atomic mass is 10.1. The number of aliphatic hydroxyl groups excluding tert-OH is 1. The number of aliphatic hydroxyl groups is 1. The smallest absolute Gasteiger partial charge is 0.326 e. The Labute approximate surface area is 168 Å². The molecule has 12 heteroatoms. The second-order valence-corrected chi connectivity index (χ2v) is 5.76. The largest absolute Gasteiger partial charge is 0.480 e. The fourth-order valence-corrected chi connectivity index (χ4v) is 2.06. The van der Waals surface area contributed by atoms with Gasteiger partial charge in [0.15, 0.2) is 0 Å². The Bertz CT molecular complexity index is 540. The van der Waals surface area contributed by atoms with Gasteiger partial charge in [0.05, 0.1) is 6.61 Å². The maximum Gasteiger partial charge on any atom is 0.326 e. The lowest BCUT2D eigenvalue weighted by molar-refractivity contribution is -0.143. The number of amides is 2. The van der Waals surface area contributed by atoms with Crippen LogP contribution in [0.5, 0.6) is 0 Å². The molecular weight excluding hydrogens is 394 g/mol. The van der Waals surface area contributed by atoms with Gasteiger partial charge in [0.1, 0.15) is 23.9 Å². The molecule has 0 aromatic heterocycles. The summed E-state index contributed by atoms with van der Waals surface area (Å²) in [5, 5.41) is 31.4. The number of rotatable bonds is 13. The van der Waals surface area contributed by atoms with E-state index in [1.54, 1.807) is 0 Å². The molecule has 0 aromatic rings. The van der Waals surface area contributed by atoms with Crippen LogP contribution in [-0.2, 0) is 24.0 Å². The first kappa shape index (κ1) is 28.0. The molecule has 0 bridgehead atoms. The summed E-state index contributed by atoms with van der Waals surface area (Å²) in [5.74, 6) is -4.48. The Morgan fingerprint density at radius 3 is 1.71 bits per heavy atom. The van der Waals surface area contributed by atoms with Crippen molar-refractivity contribution in [2.45, 2.75) is 64.6 Å². The van der Waals surface area contributed by atoms with Gasteiger partial charge >= 0.3 is 11.9 Å². The second-order valence-electron chi connectivity index (χ2n) is 5.50. The Kier molecular flexibility index (Phi) is 15.9. The minimum Gasteiger partial charge on any atom is -0.480 e. The number of ketones is 1. The van der Waals surface area contributed by atoms with Gasteiger partial charge < -0.3 is 30.7 Å². The van der Waals surface area contributed by atoms with Gasteiger partial charge in [-0.15, -0.1) is 0 Å². The number of carboxylic acids is 2. The van der Waals surface area contributed by atoms with Gasteiger partial charge in [-0.1, -0.05) is 26.7 Å². The number of hydrogen-bond donors (Lipinski definition) is 7. The Morgan fingerprint density at radius 2 is 1.32 bits per heavy atom. The summed E-state index contributed by atoms with van der Waals surface area (Å²) < 4.78 is 2.19. The van der Waals surface area contributed by atoms with Crippen LogP contribution in [0.15, 0.2) is 0 Å². The zero-order chi connectivity index (χ0) is 22.3. The number of hydrogen-bond acceptors (Lipinski definition) is 8. The molecule has 11 nitrogen and oxygen atoms in total. The van der Waals surface area contributed by atoms with Crippen molar-refractivity contribution in [1.29, 1.82) is 0 Å². The molecule has 0 fully saturated rings. The van der Waals surface area contributed by atoms with Crippen LogP contribution in [0.3, 0.4) is 0 Å². The van der Waals surface area contributed by atoms with E-state index in [1.165, 1.54) is 6.92 Å². The lowest BCUT2D eigenvalue weighted by Crippen LogP contribution is -2.50. The SMILES string of the molecule is CC.CC(=O)CCC(NC(=O)CC[C@H](NC(=O)C(CO)NS)C(=O)O)C(=O)O. The summed E-state index contributed by atoms with van der Waals surface area (Å²) in [4.78, 5) is 56.7. The molecule has 0 heterocycles. The quantitative estimate of drug-likeness (QED) is 0.184. The first-order valence-electron chi connectivity index (χ1n) is 8.67. The Balaban J connectivity index is 0. The van der Waals surface area contributed by atoms with Crippen molar-refractivity contribution < 1.29 is 39.3 Å². The molecule has 0 spiro atoms. The maximum atomic E-state index is 11.8. The summed E-state index contributed by atoms with van der Waals surface area (Å²) in [5.41, 5.74) is 0. The van der Waals surface area contributed by atoms with Crippen LogP contribution in [0, 0.1) is 0 Å². The third-order valence-corrected chi connectivity index (χ3v) is 3.66. The second kappa shape index (κ2) is 15.8. The van der Waals surface area contributed by atoms with Gasteiger partial charge in [0.2, 0.25) is 11.8 Å². The highest BCUT2D eigenvalue weighted by atomic mass is 32.1. The van der Waals surface area contributed by atoms with Crippen molar-refractivity contribution in [3.8, 4) is 0 Å². The van der Waals surface area contributed by atoms with E-state index in [9.17, 15) is 24.0 Å². The van der Waals surface area contributed by atoms with Crippen LogP contribution in [0.25, 0.3) is 0 Å². The predicted molar refractivity (Wildman–Crippen MR) is 103 cm³/mol. The summed E-state index contributed by atoms with van der Waals surface area (Å²) in [6.07, 6.45) is -0.762. The van der Waals surface area contributed by atoms with Crippen LogP contribution < -0.4 is 15.4 Å². The van der Waals surface area contributed by atoms with Crippen molar-refractivity contribution in [2.75, 3.05) is 6.61 Å². The van der Waals surface area contributed by atoms with Crippen molar-refractivity contribution in [1.82, 2.24) is 15.4 Å². The zero-order valence-corrected chi connectivity index (χ0v) is 17.0. The molecule has 6 N–H and O–H groups in total. The van der Waals surface area contributed by atoms with Crippen LogP contribution >= 0.6 is 12.8 Å². The number of thiol groups is 1. The molecule has 0 aromatic carbocycles. The average Bonchev–Trinajstić information content (AvgIpc) is 2.64. The number of aliphatic carboxylic acids is 2. The van der Waals surface area contributed by atoms with E-state index < -0.39 is 48.5 Å². The molecule has 0 radical (unpaired) electrons. The van der Waals surface area contributed by atoms with Gasteiger partial charge in [-0.05, 0) is 19.8 Å². The zero-order valence-electron chi connectivity index (χ0n) is 16.1. The van der Waals surface area contributed by atoms with Crippen LogP contribution in [-0.4, -0.2) is 69.6 Å². The van der Waals surface area contributed by atoms with Crippen LogP contribution in [0.4, 0.5) is 0 Å². The van der Waals surface area contributed by atoms with E-state index in [2.05, 4.69) is 28.2 Å². The van der Waals surface area contributed by atoms with Gasteiger partial charge in [-0.25, -0.2) is 9.59 Å². The van der Waals surface area contributed by atoms with E-state index in [1.807, 2.05) is 13.8 Å². The van der Waals surface area contributed by atoms with E-state index in [0.717, 1.165) is 0 Å². The molecule has 2 amide bonds. The van der Waals surface area contributed by atoms with Gasteiger partial charge in [0.25, 0.3) is 0 Å². The van der Waals surface area contributed by atoms with E-state index >= 15 is 0 Å². The molecule has 0 aliphatic heterocycles. The van der Waals surface area contributed by atoms with Crippen molar-refractivity contribution in [2.24, 2.45) is 0 Å². The summed E-state index contributed by atoms with van der Waals surface area (Å²) in [7, 11) is 0. The molecule has 0 aliphatic rings. The average molecular weight is 423 g/mol. The first-order valence-corrected chi connectivity index (χ1v) is 9.12. The number of Topliss-reactive ketones (excluding diaryl/α,β-unsaturated/α-hetero) is 1. The van der Waals surface area contributed by atoms with Crippen LogP contribution in [0.1, 0.15) is 46.5 Å². The molecule has 28 heavy (non-hydrogen) atoms. The van der Waals surface area contributed by atoms with Gasteiger partial charge in [-0.2, -0.15) is 0 Å². The highest BCUT2D eigenvalue weighted by molar-refractivity contribution is 7.78. The Hall–Kier alpha value is -2.18. The normalized spacial score (nSPS) is 13.2. The first-order chi connectivity index (χ1) is 13.1. The highest BCUT2D eigenvalue weighted by Crippen LogP contribution is 2.03. The summed E-state index contributed by atoms with van der Waals surface area (Å²) >= 11 is 3.62. The monoisotopic (exact) mass is 423 g/mol. The maximum absolute atomic E-state index is 11.8. The number of carbonyl (C=O) groups is 5. The molecular formula is C16H29N3O8S. The molecule has 2 unspecified atom stereocenters. The molecule has 0 saturated carbocycles. The lowest BCUT2D eigenvalue weighted by Gasteiger charge is -2.19. The van der Waals surface area contributed by atoms with Gasteiger partial charge in [-0.3, -0.25) is 14.3 Å². The van der Waals surface area contributed by atoms with E-state index in [-0.39, 0.29) is 31.5 Å². The third-order valence-electron chi connectivity index (χ3n) is 3.35. The predicted octanol–water partition coefficient (Wildman–Crippen LogP) is -0.904. The van der Waals surface area contributed by atoms with Crippen molar-refractivity contribution in [3.05, 3.63) is 0 Å². The topological polar surface area (TPSA) is 182 Å². The van der Waals surface area contributed by atoms with Gasteiger partial charge in [0, 0.05) is 12.8 Å². The fraction of sp³-hybridized carbons (Fsp3) is 0.688. The third kappa shape index (κ3) is 12.3. The van der Waals surface area contributed by atoms with Crippen molar-refractivity contribution in [3.63, 3.8) is 0 Å². The highest BCUT2D eigenvalue weighted by Gasteiger charge is 2.26. The fourth-order valence-electron chi connectivity index (χ4n) is 1.86. The minimum absolute atomic E-state index is 0.0235.